The third kappa shape index (κ3) is 5.87. The summed E-state index contributed by atoms with van der Waals surface area (Å²) in [5.41, 5.74) is 12.8. The lowest BCUT2D eigenvalue weighted by molar-refractivity contribution is -0.120. The Bertz CT molecular complexity index is 1550. The maximum absolute atomic E-state index is 12.1. The number of nitrogen functional groups attached to an aromatic ring is 1. The minimum absolute atomic E-state index is 0.0416. The van der Waals surface area contributed by atoms with Crippen LogP contribution in [-0.2, 0) is 4.79 Å². The zero-order chi connectivity index (χ0) is 27.1. The Labute approximate surface area is 221 Å². The standard InChI is InChI=1S/C30H31N7O/c1-4-7-28(38)36-19(3)14-21(17-33-5-2)22-15-25(30(32)35-18-22)29(31)27-16-24-23(8-6-9-26(24)37-27)20-10-12-34-13-11-20/h5-6,8-18,31,33,37H,2,4,7H2,1,3H3,(H2,32,35)(H,36,38)/b19-14+,21-17+,31-29?. The Kier molecular flexibility index (Phi) is 8.13. The van der Waals surface area contributed by atoms with Crippen molar-refractivity contribution in [2.24, 2.45) is 0 Å². The van der Waals surface area contributed by atoms with E-state index < -0.39 is 0 Å². The first-order chi connectivity index (χ1) is 18.4. The van der Waals surface area contributed by atoms with Crippen molar-refractivity contribution in [3.05, 3.63) is 109 Å². The number of benzene rings is 1. The van der Waals surface area contributed by atoms with Gasteiger partial charge in [0.25, 0.3) is 0 Å². The smallest absolute Gasteiger partial charge is 0.224 e. The highest BCUT2D eigenvalue weighted by Gasteiger charge is 2.16. The molecule has 8 heteroatoms. The van der Waals surface area contributed by atoms with E-state index >= 15 is 0 Å². The first-order valence-electron chi connectivity index (χ1n) is 12.3. The van der Waals surface area contributed by atoms with E-state index in [1.807, 2.05) is 62.4 Å². The van der Waals surface area contributed by atoms with E-state index in [1.165, 1.54) is 0 Å². The number of pyridine rings is 2. The highest BCUT2D eigenvalue weighted by atomic mass is 16.1. The normalized spacial score (nSPS) is 11.8. The zero-order valence-electron chi connectivity index (χ0n) is 21.5. The van der Waals surface area contributed by atoms with Crippen LogP contribution in [0.1, 0.15) is 43.5 Å². The lowest BCUT2D eigenvalue weighted by Crippen LogP contribution is -2.20. The highest BCUT2D eigenvalue weighted by Crippen LogP contribution is 2.30. The molecule has 192 valence electrons. The molecule has 0 aliphatic rings. The maximum Gasteiger partial charge on any atom is 0.224 e. The van der Waals surface area contributed by atoms with E-state index in [1.54, 1.807) is 31.0 Å². The average molecular weight is 506 g/mol. The minimum atomic E-state index is -0.0416. The van der Waals surface area contributed by atoms with Gasteiger partial charge in [0.05, 0.1) is 11.4 Å². The van der Waals surface area contributed by atoms with Crippen LogP contribution in [0.5, 0.6) is 0 Å². The number of allylic oxidation sites excluding steroid dienone is 3. The molecule has 0 bridgehead atoms. The summed E-state index contributed by atoms with van der Waals surface area (Å²) >= 11 is 0. The number of anilines is 1. The molecule has 0 saturated heterocycles. The summed E-state index contributed by atoms with van der Waals surface area (Å²) in [5.74, 6) is 0.208. The van der Waals surface area contributed by atoms with Gasteiger partial charge < -0.3 is 21.4 Å². The van der Waals surface area contributed by atoms with Gasteiger partial charge in [-0.25, -0.2) is 4.98 Å². The van der Waals surface area contributed by atoms with Crippen LogP contribution >= 0.6 is 0 Å². The number of fused-ring (bicyclic) bond motifs is 1. The van der Waals surface area contributed by atoms with Crippen LogP contribution in [0.2, 0.25) is 0 Å². The number of aromatic amines is 1. The number of carbonyl (C=O) groups excluding carboxylic acids is 1. The minimum Gasteiger partial charge on any atom is -0.383 e. The van der Waals surface area contributed by atoms with Crippen molar-refractivity contribution in [2.75, 3.05) is 5.73 Å². The number of nitrogens with zero attached hydrogens (tertiary/aromatic N) is 2. The Hall–Kier alpha value is -4.98. The van der Waals surface area contributed by atoms with Crippen molar-refractivity contribution in [1.82, 2.24) is 25.6 Å². The molecule has 4 rings (SSSR count). The van der Waals surface area contributed by atoms with Gasteiger partial charge >= 0.3 is 0 Å². The van der Waals surface area contributed by atoms with Crippen LogP contribution in [0.4, 0.5) is 5.82 Å². The second-order valence-corrected chi connectivity index (χ2v) is 8.81. The molecule has 6 N–H and O–H groups in total. The van der Waals surface area contributed by atoms with Gasteiger partial charge in [-0.05, 0) is 67.1 Å². The molecule has 3 heterocycles. The van der Waals surface area contributed by atoms with Gasteiger partial charge in [-0.2, -0.15) is 0 Å². The molecule has 38 heavy (non-hydrogen) atoms. The summed E-state index contributed by atoms with van der Waals surface area (Å²) in [5, 5.41) is 15.9. The molecule has 1 amide bonds. The van der Waals surface area contributed by atoms with Gasteiger partial charge in [0, 0.05) is 64.5 Å². The van der Waals surface area contributed by atoms with E-state index in [4.69, 9.17) is 11.1 Å². The van der Waals surface area contributed by atoms with Gasteiger partial charge in [-0.1, -0.05) is 25.6 Å². The van der Waals surface area contributed by atoms with Crippen LogP contribution < -0.4 is 16.4 Å². The lowest BCUT2D eigenvalue weighted by atomic mass is 10.0. The Balaban J connectivity index is 1.71. The number of hydrogen-bond acceptors (Lipinski definition) is 6. The van der Waals surface area contributed by atoms with Crippen molar-refractivity contribution in [1.29, 1.82) is 5.41 Å². The van der Waals surface area contributed by atoms with E-state index in [2.05, 4.69) is 32.2 Å². The lowest BCUT2D eigenvalue weighted by Gasteiger charge is -2.11. The largest absolute Gasteiger partial charge is 0.383 e. The molecule has 4 aromatic rings. The highest BCUT2D eigenvalue weighted by molar-refractivity contribution is 6.15. The fourth-order valence-corrected chi connectivity index (χ4v) is 4.19. The van der Waals surface area contributed by atoms with Crippen LogP contribution in [0.3, 0.4) is 0 Å². The predicted molar refractivity (Wildman–Crippen MR) is 154 cm³/mol. The zero-order valence-corrected chi connectivity index (χ0v) is 21.5. The van der Waals surface area contributed by atoms with Crippen LogP contribution in [0, 0.1) is 5.41 Å². The predicted octanol–water partition coefficient (Wildman–Crippen LogP) is 5.52. The van der Waals surface area contributed by atoms with Crippen LogP contribution in [-0.4, -0.2) is 26.6 Å². The molecular weight excluding hydrogens is 474 g/mol. The van der Waals surface area contributed by atoms with E-state index in [0.717, 1.165) is 39.6 Å². The van der Waals surface area contributed by atoms with E-state index in [0.29, 0.717) is 23.4 Å². The molecule has 1 aromatic carbocycles. The van der Waals surface area contributed by atoms with Gasteiger partial charge in [-0.15, -0.1) is 0 Å². The van der Waals surface area contributed by atoms with Crippen LogP contribution in [0.15, 0.2) is 91.8 Å². The summed E-state index contributed by atoms with van der Waals surface area (Å²) < 4.78 is 0. The summed E-state index contributed by atoms with van der Waals surface area (Å²) in [7, 11) is 0. The molecule has 0 aliphatic heterocycles. The molecule has 8 nitrogen and oxygen atoms in total. The molecule has 0 atom stereocenters. The number of aromatic nitrogens is 3. The summed E-state index contributed by atoms with van der Waals surface area (Å²) in [4.78, 5) is 23.9. The first kappa shape index (κ1) is 26.1. The molecule has 0 saturated carbocycles. The molecule has 0 radical (unpaired) electrons. The number of nitrogens with two attached hydrogens (primary N) is 1. The van der Waals surface area contributed by atoms with Gasteiger partial charge in [0.2, 0.25) is 5.91 Å². The summed E-state index contributed by atoms with van der Waals surface area (Å²) in [6, 6.07) is 13.7. The van der Waals surface area contributed by atoms with E-state index in [-0.39, 0.29) is 17.4 Å². The first-order valence-corrected chi connectivity index (χ1v) is 12.3. The molecule has 3 aromatic heterocycles. The Morgan fingerprint density at radius 2 is 2.00 bits per heavy atom. The third-order valence-electron chi connectivity index (χ3n) is 5.99. The average Bonchev–Trinajstić information content (AvgIpc) is 3.36. The quantitative estimate of drug-likeness (QED) is 0.143. The van der Waals surface area contributed by atoms with Crippen LogP contribution in [0.25, 0.3) is 27.6 Å². The third-order valence-corrected chi connectivity index (χ3v) is 5.99. The van der Waals surface area contributed by atoms with Crippen molar-refractivity contribution in [3.8, 4) is 11.1 Å². The van der Waals surface area contributed by atoms with Gasteiger partial charge in [0.15, 0.2) is 0 Å². The number of rotatable bonds is 10. The van der Waals surface area contributed by atoms with Crippen molar-refractivity contribution in [2.45, 2.75) is 26.7 Å². The SMILES string of the molecule is C=CN/C=C(\C=C(/C)NC(=O)CCC)c1cnc(N)c(C(=N)c2cc3c(-c4ccncc4)cccc3[nH]2)c1. The van der Waals surface area contributed by atoms with Crippen molar-refractivity contribution in [3.63, 3.8) is 0 Å². The number of H-pyrrole nitrogens is 1. The summed E-state index contributed by atoms with van der Waals surface area (Å²) in [6.07, 6.45) is 11.5. The monoisotopic (exact) mass is 505 g/mol. The Morgan fingerprint density at radius 3 is 2.74 bits per heavy atom. The van der Waals surface area contributed by atoms with Crippen molar-refractivity contribution >= 4 is 33.9 Å². The van der Waals surface area contributed by atoms with Gasteiger partial charge in [-0.3, -0.25) is 15.2 Å². The number of hydrogen-bond donors (Lipinski definition) is 5. The van der Waals surface area contributed by atoms with Crippen molar-refractivity contribution < 1.29 is 4.79 Å². The fourth-order valence-electron chi connectivity index (χ4n) is 4.19. The Morgan fingerprint density at radius 1 is 1.21 bits per heavy atom. The van der Waals surface area contributed by atoms with E-state index in [9.17, 15) is 4.79 Å². The second kappa shape index (κ2) is 11.8. The second-order valence-electron chi connectivity index (χ2n) is 8.81. The number of carbonyl (C=O) groups is 1. The fraction of sp³-hybridized carbons (Fsp3) is 0.133. The maximum atomic E-state index is 12.1. The topological polar surface area (TPSA) is 133 Å². The van der Waals surface area contributed by atoms with Gasteiger partial charge in [0.1, 0.15) is 5.82 Å². The number of nitrogens with one attached hydrogen (secondary N) is 4. The molecule has 0 fully saturated rings. The molecule has 0 aliphatic carbocycles. The molecule has 0 spiro atoms. The molecular formula is C30H31N7O. The molecule has 0 unspecified atom stereocenters. The number of amides is 1. The summed E-state index contributed by atoms with van der Waals surface area (Å²) in [6.45, 7) is 7.49.